The molecule has 40 heavy (non-hydrogen) atoms. The van der Waals surface area contributed by atoms with Gasteiger partial charge in [0.05, 0.1) is 13.2 Å². The predicted octanol–water partition coefficient (Wildman–Crippen LogP) is 10.1. The number of hydrogen-bond acceptors (Lipinski definition) is 2. The molecule has 0 spiro atoms. The second-order valence-electron chi connectivity index (χ2n) is 12.7. The molecule has 0 saturated heterocycles. The molecule has 5 rings (SSSR count). The topological polar surface area (TPSA) is 18.5 Å². The summed E-state index contributed by atoms with van der Waals surface area (Å²) in [6.45, 7) is 4.76. The lowest BCUT2D eigenvalue weighted by molar-refractivity contribution is 0.0852. The SMILES string of the molecule is CCCc1ccc(C2CCC(C=CC3CCC4CC(COc5ccc(OCC)c(F)c5F)CCC4C3)CC2)cc1. The maximum absolute atomic E-state index is 14.4. The van der Waals surface area contributed by atoms with Gasteiger partial charge in [0.25, 0.3) is 0 Å². The Morgan fingerprint density at radius 3 is 2.02 bits per heavy atom. The van der Waals surface area contributed by atoms with Crippen LogP contribution in [0.2, 0.25) is 0 Å². The molecule has 0 aliphatic heterocycles. The van der Waals surface area contributed by atoms with Gasteiger partial charge in [0, 0.05) is 0 Å². The second-order valence-corrected chi connectivity index (χ2v) is 12.7. The van der Waals surface area contributed by atoms with Crippen LogP contribution in [-0.2, 0) is 6.42 Å². The van der Waals surface area contributed by atoms with Gasteiger partial charge in [-0.1, -0.05) is 49.8 Å². The van der Waals surface area contributed by atoms with Gasteiger partial charge >= 0.3 is 0 Å². The van der Waals surface area contributed by atoms with E-state index < -0.39 is 11.6 Å². The first-order valence-corrected chi connectivity index (χ1v) is 16.0. The third-order valence-corrected chi connectivity index (χ3v) is 9.97. The van der Waals surface area contributed by atoms with Crippen LogP contribution in [0.3, 0.4) is 0 Å². The summed E-state index contributed by atoms with van der Waals surface area (Å²) in [7, 11) is 0. The number of halogens is 2. The molecule has 3 saturated carbocycles. The molecule has 0 amide bonds. The normalized spacial score (nSPS) is 28.8. The molecule has 2 aromatic carbocycles. The summed E-state index contributed by atoms with van der Waals surface area (Å²) in [4.78, 5) is 0. The van der Waals surface area contributed by atoms with Crippen molar-refractivity contribution >= 4 is 0 Å². The van der Waals surface area contributed by atoms with Crippen LogP contribution in [0.4, 0.5) is 8.78 Å². The van der Waals surface area contributed by atoms with Crippen LogP contribution in [0.25, 0.3) is 0 Å². The highest BCUT2D eigenvalue weighted by Crippen LogP contribution is 2.46. The maximum atomic E-state index is 14.4. The zero-order valence-electron chi connectivity index (χ0n) is 24.6. The molecule has 2 aromatic rings. The Labute approximate surface area is 240 Å². The molecule has 3 aliphatic carbocycles. The van der Waals surface area contributed by atoms with Gasteiger partial charge in [-0.25, -0.2) is 0 Å². The fraction of sp³-hybridized carbons (Fsp3) is 0.611. The molecular formula is C36H48F2O2. The summed E-state index contributed by atoms with van der Waals surface area (Å²) in [5, 5.41) is 0. The van der Waals surface area contributed by atoms with E-state index in [9.17, 15) is 8.78 Å². The Balaban J connectivity index is 1.03. The van der Waals surface area contributed by atoms with Gasteiger partial charge in [0.1, 0.15) is 0 Å². The van der Waals surface area contributed by atoms with Gasteiger partial charge in [-0.3, -0.25) is 0 Å². The lowest BCUT2D eigenvalue weighted by atomic mass is 9.65. The van der Waals surface area contributed by atoms with Crippen LogP contribution >= 0.6 is 0 Å². The van der Waals surface area contributed by atoms with Crippen molar-refractivity contribution in [2.75, 3.05) is 13.2 Å². The van der Waals surface area contributed by atoms with Crippen LogP contribution in [0.15, 0.2) is 48.6 Å². The highest BCUT2D eigenvalue weighted by molar-refractivity contribution is 5.35. The molecule has 0 N–H and O–H groups in total. The average molecular weight is 551 g/mol. The Bertz CT molecular complexity index is 1100. The minimum Gasteiger partial charge on any atom is -0.491 e. The smallest absolute Gasteiger partial charge is 0.204 e. The maximum Gasteiger partial charge on any atom is 0.204 e. The van der Waals surface area contributed by atoms with Crippen molar-refractivity contribution in [1.29, 1.82) is 0 Å². The number of fused-ring (bicyclic) bond motifs is 1. The number of rotatable bonds is 10. The van der Waals surface area contributed by atoms with E-state index in [1.807, 2.05) is 0 Å². The van der Waals surface area contributed by atoms with Crippen molar-refractivity contribution in [1.82, 2.24) is 0 Å². The van der Waals surface area contributed by atoms with Gasteiger partial charge in [0.15, 0.2) is 11.5 Å². The minimum absolute atomic E-state index is 0.00386. The largest absolute Gasteiger partial charge is 0.491 e. The molecule has 4 heteroatoms. The first-order valence-electron chi connectivity index (χ1n) is 16.0. The number of aryl methyl sites for hydroxylation is 1. The Morgan fingerprint density at radius 1 is 0.700 bits per heavy atom. The summed E-state index contributed by atoms with van der Waals surface area (Å²) in [6.07, 6.45) is 20.2. The average Bonchev–Trinajstić information content (AvgIpc) is 2.99. The van der Waals surface area contributed by atoms with Gasteiger partial charge in [-0.2, -0.15) is 8.78 Å². The summed E-state index contributed by atoms with van der Waals surface area (Å²) in [5.74, 6) is 2.20. The van der Waals surface area contributed by atoms with Crippen molar-refractivity contribution in [2.45, 2.75) is 96.8 Å². The van der Waals surface area contributed by atoms with Crippen LogP contribution < -0.4 is 9.47 Å². The van der Waals surface area contributed by atoms with E-state index in [4.69, 9.17) is 9.47 Å². The third kappa shape index (κ3) is 7.28. The molecular weight excluding hydrogens is 502 g/mol. The van der Waals surface area contributed by atoms with Crippen molar-refractivity contribution in [3.63, 3.8) is 0 Å². The van der Waals surface area contributed by atoms with Gasteiger partial charge < -0.3 is 9.47 Å². The van der Waals surface area contributed by atoms with Crippen molar-refractivity contribution < 1.29 is 18.3 Å². The zero-order valence-corrected chi connectivity index (χ0v) is 24.6. The molecule has 0 heterocycles. The van der Waals surface area contributed by atoms with Gasteiger partial charge in [0.2, 0.25) is 11.6 Å². The summed E-state index contributed by atoms with van der Waals surface area (Å²) >= 11 is 0. The van der Waals surface area contributed by atoms with E-state index in [1.165, 1.54) is 81.9 Å². The fourth-order valence-corrected chi connectivity index (χ4v) is 7.65. The second kappa shape index (κ2) is 14.0. The number of ether oxygens (including phenoxy) is 2. The third-order valence-electron chi connectivity index (χ3n) is 9.97. The quantitative estimate of drug-likeness (QED) is 0.274. The lowest BCUT2D eigenvalue weighted by Crippen LogP contribution is -2.32. The molecule has 3 aliphatic rings. The summed E-state index contributed by atoms with van der Waals surface area (Å²) in [5.41, 5.74) is 3.01. The molecule has 0 aromatic heterocycles. The number of hydrogen-bond donors (Lipinski definition) is 0. The first kappa shape index (κ1) is 29.1. The summed E-state index contributed by atoms with van der Waals surface area (Å²) < 4.78 is 39.5. The van der Waals surface area contributed by atoms with Crippen molar-refractivity contribution in [2.24, 2.45) is 29.6 Å². The standard InChI is InChI=1S/C36H48F2O2/c1-3-5-25-8-14-29(15-9-25)30-16-10-26(11-17-30)6-7-27-12-18-32-23-28(13-19-31(32)22-27)24-40-34-21-20-33(39-4-2)35(37)36(34)38/h6-9,14-15,20-21,26-28,30-32H,3-5,10-13,16-19,22-24H2,1-2H3. The molecule has 4 atom stereocenters. The van der Waals surface area contributed by atoms with E-state index >= 15 is 0 Å². The molecule has 218 valence electrons. The van der Waals surface area contributed by atoms with Crippen molar-refractivity contribution in [3.8, 4) is 11.5 Å². The Hall–Kier alpha value is -2.36. The van der Waals surface area contributed by atoms with E-state index in [0.717, 1.165) is 42.4 Å². The van der Waals surface area contributed by atoms with Crippen LogP contribution in [0.1, 0.15) is 102 Å². The van der Waals surface area contributed by atoms with E-state index in [0.29, 0.717) is 19.1 Å². The molecule has 3 fully saturated rings. The zero-order chi connectivity index (χ0) is 27.9. The highest BCUT2D eigenvalue weighted by atomic mass is 19.2. The van der Waals surface area contributed by atoms with Crippen LogP contribution in [-0.4, -0.2) is 13.2 Å². The van der Waals surface area contributed by atoms with Gasteiger partial charge in [-0.15, -0.1) is 0 Å². The molecule has 4 unspecified atom stereocenters. The predicted molar refractivity (Wildman–Crippen MR) is 159 cm³/mol. The van der Waals surface area contributed by atoms with E-state index in [1.54, 1.807) is 12.5 Å². The molecule has 0 bridgehead atoms. The Morgan fingerprint density at radius 2 is 1.32 bits per heavy atom. The van der Waals surface area contributed by atoms with E-state index in [-0.39, 0.29) is 11.5 Å². The van der Waals surface area contributed by atoms with Crippen LogP contribution in [0, 0.1) is 41.2 Å². The van der Waals surface area contributed by atoms with Crippen molar-refractivity contribution in [3.05, 3.63) is 71.3 Å². The number of benzene rings is 2. The fourth-order valence-electron chi connectivity index (χ4n) is 7.65. The first-order chi connectivity index (χ1) is 19.5. The lowest BCUT2D eigenvalue weighted by Gasteiger charge is -2.41. The minimum atomic E-state index is -0.959. The van der Waals surface area contributed by atoms with Gasteiger partial charge in [-0.05, 0) is 136 Å². The van der Waals surface area contributed by atoms with Crippen LogP contribution in [0.5, 0.6) is 11.5 Å². The monoisotopic (exact) mass is 550 g/mol. The number of allylic oxidation sites excluding steroid dienone is 2. The van der Waals surface area contributed by atoms with E-state index in [2.05, 4.69) is 43.3 Å². The molecule has 2 nitrogen and oxygen atoms in total. The summed E-state index contributed by atoms with van der Waals surface area (Å²) in [6, 6.07) is 12.4. The molecule has 0 radical (unpaired) electrons. The Kier molecular flexibility index (Phi) is 10.2. The highest BCUT2D eigenvalue weighted by Gasteiger charge is 2.35.